The fraction of sp³-hybridized carbons (Fsp3) is 0.692. The van der Waals surface area contributed by atoms with E-state index in [1.807, 2.05) is 0 Å². The second-order valence-corrected chi connectivity index (χ2v) is 8.04. The average molecular weight is 315 g/mol. The van der Waals surface area contributed by atoms with E-state index in [9.17, 15) is 18.3 Å². The Hall–Kier alpha value is -1.41. The zero-order valence-corrected chi connectivity index (χ0v) is 13.5. The molecule has 1 aliphatic rings. The molecule has 21 heavy (non-hydrogen) atoms. The van der Waals surface area contributed by atoms with Crippen LogP contribution in [-0.4, -0.2) is 46.6 Å². The molecule has 1 aliphatic heterocycles. The molecule has 0 spiro atoms. The number of aromatic amines is 1. The molecule has 2 rings (SSSR count). The van der Waals surface area contributed by atoms with Gasteiger partial charge >= 0.3 is 5.97 Å². The second kappa shape index (κ2) is 5.10. The molecule has 1 saturated heterocycles. The first-order valence-corrected chi connectivity index (χ1v) is 8.29. The minimum atomic E-state index is -3.89. The van der Waals surface area contributed by atoms with Crippen molar-refractivity contribution in [2.45, 2.75) is 51.5 Å². The van der Waals surface area contributed by atoms with Crippen molar-refractivity contribution in [1.82, 2.24) is 14.5 Å². The van der Waals surface area contributed by atoms with Crippen LogP contribution in [0.1, 0.15) is 38.1 Å². The summed E-state index contributed by atoms with van der Waals surface area (Å²) in [5.41, 5.74) is 0.183. The number of sulfonamides is 1. The Kier molecular flexibility index (Phi) is 3.88. The minimum Gasteiger partial charge on any atom is -0.480 e. The Morgan fingerprint density at radius 3 is 2.52 bits per heavy atom. The number of aryl methyl sites for hydroxylation is 2. The molecule has 1 aromatic rings. The highest BCUT2D eigenvalue weighted by Crippen LogP contribution is 2.38. The van der Waals surface area contributed by atoms with Crippen LogP contribution in [0, 0.1) is 19.3 Å². The van der Waals surface area contributed by atoms with Crippen LogP contribution in [-0.2, 0) is 14.8 Å². The van der Waals surface area contributed by atoms with Gasteiger partial charge in [-0.05, 0) is 32.1 Å². The van der Waals surface area contributed by atoms with Crippen LogP contribution < -0.4 is 0 Å². The fourth-order valence-electron chi connectivity index (χ4n) is 3.10. The molecule has 2 heterocycles. The third-order valence-corrected chi connectivity index (χ3v) is 6.22. The predicted octanol–water partition coefficient (Wildman–Crippen LogP) is 1.29. The maximum Gasteiger partial charge on any atom is 0.322 e. The van der Waals surface area contributed by atoms with Crippen molar-refractivity contribution in [3.63, 3.8) is 0 Å². The number of nitrogens with one attached hydrogen (secondary N) is 1. The molecule has 1 fully saturated rings. The first-order chi connectivity index (χ1) is 9.59. The summed E-state index contributed by atoms with van der Waals surface area (Å²) in [5.74, 6) is -1.11. The van der Waals surface area contributed by atoms with Gasteiger partial charge in [0.1, 0.15) is 10.9 Å². The summed E-state index contributed by atoms with van der Waals surface area (Å²) in [7, 11) is -3.89. The highest BCUT2D eigenvalue weighted by atomic mass is 32.2. The van der Waals surface area contributed by atoms with E-state index in [1.54, 1.807) is 27.7 Å². The molecular formula is C13H21N3O4S. The number of nitrogens with zero attached hydrogens (tertiary/aromatic N) is 2. The van der Waals surface area contributed by atoms with Gasteiger partial charge < -0.3 is 5.11 Å². The fourth-order valence-corrected chi connectivity index (χ4v) is 5.21. The standard InChI is InChI=1S/C13H21N3O4S/c1-8-10(9(2)15-14-8)21(19,20)16-7-5-6-13(3,4)11(16)12(17)18/h11H,5-7H2,1-4H3,(H,14,15)(H,17,18). The molecule has 0 aromatic carbocycles. The quantitative estimate of drug-likeness (QED) is 0.875. The van der Waals surface area contributed by atoms with Gasteiger partial charge in [-0.15, -0.1) is 0 Å². The maximum atomic E-state index is 12.9. The number of aromatic nitrogens is 2. The Morgan fingerprint density at radius 1 is 1.43 bits per heavy atom. The van der Waals surface area contributed by atoms with Gasteiger partial charge in [0.15, 0.2) is 0 Å². The van der Waals surface area contributed by atoms with Gasteiger partial charge in [0.2, 0.25) is 10.0 Å². The molecule has 0 amide bonds. The van der Waals surface area contributed by atoms with Gasteiger partial charge in [-0.1, -0.05) is 13.8 Å². The number of carboxylic acids is 1. The SMILES string of the molecule is Cc1n[nH]c(C)c1S(=O)(=O)N1CCCC(C)(C)C1C(=O)O. The molecule has 118 valence electrons. The summed E-state index contributed by atoms with van der Waals surface area (Å²) < 4.78 is 26.9. The van der Waals surface area contributed by atoms with Gasteiger partial charge in [-0.25, -0.2) is 8.42 Å². The Labute approximate surface area is 124 Å². The summed E-state index contributed by atoms with van der Waals surface area (Å²) in [6.07, 6.45) is 1.32. The molecule has 7 nitrogen and oxygen atoms in total. The number of carboxylic acid groups (broad SMARTS) is 1. The number of piperidine rings is 1. The first kappa shape index (κ1) is 16.0. The summed E-state index contributed by atoms with van der Waals surface area (Å²) >= 11 is 0. The molecule has 8 heteroatoms. The lowest BCUT2D eigenvalue weighted by Crippen LogP contribution is -2.56. The summed E-state index contributed by atoms with van der Waals surface area (Å²) in [5, 5.41) is 16.1. The third kappa shape index (κ3) is 2.57. The zero-order chi connectivity index (χ0) is 16.0. The van der Waals surface area contributed by atoms with Crippen LogP contribution in [0.4, 0.5) is 0 Å². The van der Waals surface area contributed by atoms with Gasteiger partial charge in [-0.3, -0.25) is 9.89 Å². The first-order valence-electron chi connectivity index (χ1n) is 6.85. The van der Waals surface area contributed by atoms with Gasteiger partial charge in [-0.2, -0.15) is 9.40 Å². The molecule has 1 aromatic heterocycles. The van der Waals surface area contributed by atoms with E-state index in [-0.39, 0.29) is 11.4 Å². The molecule has 1 unspecified atom stereocenters. The molecule has 0 saturated carbocycles. The van der Waals surface area contributed by atoms with E-state index >= 15 is 0 Å². The number of rotatable bonds is 3. The number of aliphatic carboxylic acids is 1. The molecule has 0 radical (unpaired) electrons. The van der Waals surface area contributed by atoms with E-state index in [2.05, 4.69) is 10.2 Å². The summed E-state index contributed by atoms with van der Waals surface area (Å²) in [6, 6.07) is -1.06. The summed E-state index contributed by atoms with van der Waals surface area (Å²) in [6.45, 7) is 7.02. The topological polar surface area (TPSA) is 103 Å². The van der Waals surface area contributed by atoms with Crippen LogP contribution in [0.25, 0.3) is 0 Å². The predicted molar refractivity (Wildman–Crippen MR) is 76.4 cm³/mol. The van der Waals surface area contributed by atoms with Crippen molar-refractivity contribution in [2.75, 3.05) is 6.54 Å². The Bertz CT molecular complexity index is 643. The Balaban J connectivity index is 2.55. The highest BCUT2D eigenvalue weighted by molar-refractivity contribution is 7.89. The van der Waals surface area contributed by atoms with Crippen LogP contribution in [0.3, 0.4) is 0 Å². The van der Waals surface area contributed by atoms with E-state index in [4.69, 9.17) is 0 Å². The maximum absolute atomic E-state index is 12.9. The van der Waals surface area contributed by atoms with Gasteiger partial charge in [0.25, 0.3) is 0 Å². The van der Waals surface area contributed by atoms with Crippen LogP contribution in [0.5, 0.6) is 0 Å². The normalized spacial score (nSPS) is 23.1. The lowest BCUT2D eigenvalue weighted by Gasteiger charge is -2.42. The van der Waals surface area contributed by atoms with Crippen LogP contribution in [0.2, 0.25) is 0 Å². The van der Waals surface area contributed by atoms with E-state index in [0.717, 1.165) is 4.31 Å². The van der Waals surface area contributed by atoms with Crippen molar-refractivity contribution >= 4 is 16.0 Å². The van der Waals surface area contributed by atoms with Gasteiger partial charge in [0, 0.05) is 6.54 Å². The lowest BCUT2D eigenvalue weighted by molar-refractivity contribution is -0.147. The van der Waals surface area contributed by atoms with E-state index in [1.165, 1.54) is 0 Å². The third-order valence-electron chi connectivity index (χ3n) is 4.09. The lowest BCUT2D eigenvalue weighted by atomic mass is 9.77. The molecule has 0 aliphatic carbocycles. The molecule has 0 bridgehead atoms. The average Bonchev–Trinajstić information content (AvgIpc) is 2.67. The molecule has 1 atom stereocenters. The largest absolute Gasteiger partial charge is 0.480 e. The van der Waals surface area contributed by atoms with Crippen LogP contribution >= 0.6 is 0 Å². The van der Waals surface area contributed by atoms with Crippen LogP contribution in [0.15, 0.2) is 4.90 Å². The number of hydrogen-bond donors (Lipinski definition) is 2. The van der Waals surface area contributed by atoms with E-state index < -0.39 is 27.4 Å². The van der Waals surface area contributed by atoms with Crippen molar-refractivity contribution < 1.29 is 18.3 Å². The molecular weight excluding hydrogens is 294 g/mol. The van der Waals surface area contributed by atoms with Gasteiger partial charge in [0.05, 0.1) is 11.4 Å². The smallest absolute Gasteiger partial charge is 0.322 e. The zero-order valence-electron chi connectivity index (χ0n) is 12.7. The number of H-pyrrole nitrogens is 1. The minimum absolute atomic E-state index is 0.0893. The second-order valence-electron chi connectivity index (χ2n) is 6.21. The van der Waals surface area contributed by atoms with Crippen molar-refractivity contribution in [2.24, 2.45) is 5.41 Å². The van der Waals surface area contributed by atoms with Crippen molar-refractivity contribution in [3.8, 4) is 0 Å². The number of carbonyl (C=O) groups is 1. The van der Waals surface area contributed by atoms with E-state index in [0.29, 0.717) is 24.2 Å². The van der Waals surface area contributed by atoms with Crippen molar-refractivity contribution in [1.29, 1.82) is 0 Å². The molecule has 2 N–H and O–H groups in total. The Morgan fingerprint density at radius 2 is 2.05 bits per heavy atom. The number of hydrogen-bond acceptors (Lipinski definition) is 4. The monoisotopic (exact) mass is 315 g/mol. The summed E-state index contributed by atoms with van der Waals surface area (Å²) in [4.78, 5) is 11.7. The van der Waals surface area contributed by atoms with Crippen molar-refractivity contribution in [3.05, 3.63) is 11.4 Å². The highest BCUT2D eigenvalue weighted by Gasteiger charge is 2.48.